The number of ether oxygens (including phenoxy) is 1. The number of likely N-dealkylation sites (tertiary alicyclic amines) is 1. The molecule has 1 aromatic heterocycles. The summed E-state index contributed by atoms with van der Waals surface area (Å²) >= 11 is 5.93. The summed E-state index contributed by atoms with van der Waals surface area (Å²) in [7, 11) is 0. The Balaban J connectivity index is 1.94. The average molecular weight is 469 g/mol. The zero-order valence-corrected chi connectivity index (χ0v) is 18.8. The second-order valence-corrected chi connectivity index (χ2v) is 8.56. The van der Waals surface area contributed by atoms with Crippen LogP contribution in [0, 0.1) is 0 Å². The molecule has 0 unspecified atom stereocenters. The van der Waals surface area contributed by atoms with E-state index in [-0.39, 0.29) is 28.3 Å². The second-order valence-electron chi connectivity index (χ2n) is 8.12. The fourth-order valence-corrected chi connectivity index (χ4v) is 4.22. The van der Waals surface area contributed by atoms with Gasteiger partial charge in [0.05, 0.1) is 5.69 Å². The van der Waals surface area contributed by atoms with Crippen LogP contribution in [0.1, 0.15) is 44.7 Å². The largest absolute Gasteiger partial charge is 0.433 e. The molecule has 0 radical (unpaired) electrons. The Labute approximate surface area is 190 Å². The van der Waals surface area contributed by atoms with Crippen LogP contribution in [0.15, 0.2) is 30.5 Å². The van der Waals surface area contributed by atoms with Gasteiger partial charge in [0.1, 0.15) is 11.8 Å². The van der Waals surface area contributed by atoms with E-state index in [0.29, 0.717) is 38.9 Å². The van der Waals surface area contributed by atoms with Crippen molar-refractivity contribution in [3.8, 4) is 5.75 Å². The first-order chi connectivity index (χ1) is 15.3. The Hall–Kier alpha value is -2.52. The molecule has 0 aliphatic carbocycles. The van der Waals surface area contributed by atoms with Gasteiger partial charge < -0.3 is 19.7 Å². The number of amides is 1. The third-order valence-corrected chi connectivity index (χ3v) is 5.98. The summed E-state index contributed by atoms with van der Waals surface area (Å²) in [5.74, 6) is -0.438. The Morgan fingerprint density at radius 2 is 2.03 bits per heavy atom. The zero-order valence-electron chi connectivity index (χ0n) is 18.1. The topological polar surface area (TPSA) is 76.5 Å². The van der Waals surface area contributed by atoms with Crippen molar-refractivity contribution in [2.24, 2.45) is 0 Å². The quantitative estimate of drug-likeness (QED) is 0.556. The molecule has 1 fully saturated rings. The Morgan fingerprint density at radius 1 is 1.31 bits per heavy atom. The minimum Gasteiger partial charge on any atom is -0.433 e. The maximum Gasteiger partial charge on any atom is 0.387 e. The number of carbonyl (C=O) groups is 2. The van der Waals surface area contributed by atoms with Crippen molar-refractivity contribution >= 4 is 29.5 Å². The monoisotopic (exact) mass is 468 g/mol. The van der Waals surface area contributed by atoms with Crippen LogP contribution in [0.2, 0.25) is 5.02 Å². The Bertz CT molecular complexity index is 943. The highest BCUT2D eigenvalue weighted by Crippen LogP contribution is 2.36. The maximum absolute atomic E-state index is 13.7. The van der Waals surface area contributed by atoms with Crippen molar-refractivity contribution in [2.75, 3.05) is 25.0 Å². The van der Waals surface area contributed by atoms with Crippen molar-refractivity contribution in [1.29, 1.82) is 0 Å². The van der Waals surface area contributed by atoms with Gasteiger partial charge in [-0.05, 0) is 37.0 Å². The normalized spacial score (nSPS) is 16.3. The van der Waals surface area contributed by atoms with E-state index < -0.39 is 12.2 Å². The standard InChI is InChI=1S/C22H27ClF2N4O3/c1-15(2)18-6-9-26-29(18)22(7-11-28(12-8-22)10-3-13-30)20(31)27-17-5-4-16(23)14-19(17)32-21(24)25/h4-6,9,13-15,21H,3,7-8,10-12H2,1-2H3,(H,27,31). The van der Waals surface area contributed by atoms with Crippen molar-refractivity contribution in [1.82, 2.24) is 14.7 Å². The van der Waals surface area contributed by atoms with E-state index in [1.807, 2.05) is 19.9 Å². The maximum atomic E-state index is 13.7. The fourth-order valence-electron chi connectivity index (χ4n) is 4.06. The molecule has 3 rings (SSSR count). The number of nitrogens with zero attached hydrogens (tertiary/aromatic N) is 3. The van der Waals surface area contributed by atoms with Crippen molar-refractivity contribution < 1.29 is 23.1 Å². The predicted octanol–water partition coefficient (Wildman–Crippen LogP) is 4.28. The van der Waals surface area contributed by atoms with Crippen molar-refractivity contribution in [3.05, 3.63) is 41.2 Å². The number of anilines is 1. The van der Waals surface area contributed by atoms with E-state index >= 15 is 0 Å². The molecular formula is C22H27ClF2N4O3. The van der Waals surface area contributed by atoms with E-state index in [1.54, 1.807) is 10.9 Å². The highest BCUT2D eigenvalue weighted by atomic mass is 35.5. The summed E-state index contributed by atoms with van der Waals surface area (Å²) in [5, 5.41) is 7.47. The lowest BCUT2D eigenvalue weighted by Crippen LogP contribution is -2.54. The highest BCUT2D eigenvalue weighted by Gasteiger charge is 2.45. The zero-order chi connectivity index (χ0) is 23.3. The first-order valence-corrected chi connectivity index (χ1v) is 10.9. The molecule has 0 saturated carbocycles. The van der Waals surface area contributed by atoms with Crippen LogP contribution in [0.3, 0.4) is 0 Å². The van der Waals surface area contributed by atoms with Gasteiger partial charge in [-0.1, -0.05) is 25.4 Å². The molecule has 2 aromatic rings. The number of aldehydes is 1. The molecule has 32 heavy (non-hydrogen) atoms. The van der Waals surface area contributed by atoms with E-state index in [0.717, 1.165) is 12.0 Å². The van der Waals surface area contributed by atoms with Gasteiger partial charge in [0.15, 0.2) is 5.75 Å². The smallest absolute Gasteiger partial charge is 0.387 e. The van der Waals surface area contributed by atoms with Crippen LogP contribution in [-0.4, -0.2) is 53.1 Å². The third kappa shape index (κ3) is 5.27. The van der Waals surface area contributed by atoms with E-state index in [2.05, 4.69) is 20.1 Å². The summed E-state index contributed by atoms with van der Waals surface area (Å²) < 4.78 is 32.1. The number of nitrogens with one attached hydrogen (secondary N) is 1. The molecule has 1 aliphatic heterocycles. The molecule has 174 valence electrons. The SMILES string of the molecule is CC(C)c1ccnn1C1(C(=O)Nc2ccc(Cl)cc2OC(F)F)CCN(CCC=O)CC1. The van der Waals surface area contributed by atoms with E-state index in [9.17, 15) is 18.4 Å². The van der Waals surface area contributed by atoms with Crippen LogP contribution in [0.5, 0.6) is 5.75 Å². The molecule has 1 aromatic carbocycles. The average Bonchev–Trinajstić information content (AvgIpc) is 3.25. The minimum atomic E-state index is -3.06. The molecule has 1 amide bonds. The molecular weight excluding hydrogens is 442 g/mol. The van der Waals surface area contributed by atoms with E-state index in [1.165, 1.54) is 18.2 Å². The van der Waals surface area contributed by atoms with Crippen LogP contribution in [0.25, 0.3) is 0 Å². The number of hydrogen-bond acceptors (Lipinski definition) is 5. The number of carbonyl (C=O) groups excluding carboxylic acids is 2. The highest BCUT2D eigenvalue weighted by molar-refractivity contribution is 6.30. The number of aromatic nitrogens is 2. The molecule has 0 bridgehead atoms. The lowest BCUT2D eigenvalue weighted by Gasteiger charge is -2.41. The molecule has 0 spiro atoms. The van der Waals surface area contributed by atoms with E-state index in [4.69, 9.17) is 11.6 Å². The van der Waals surface area contributed by atoms with Gasteiger partial charge in [0, 0.05) is 49.0 Å². The molecule has 7 nitrogen and oxygen atoms in total. The first-order valence-electron chi connectivity index (χ1n) is 10.5. The predicted molar refractivity (Wildman–Crippen MR) is 117 cm³/mol. The fraction of sp³-hybridized carbons (Fsp3) is 0.500. The number of hydrogen-bond donors (Lipinski definition) is 1. The number of benzene rings is 1. The summed E-state index contributed by atoms with van der Waals surface area (Å²) in [6.07, 6.45) is 3.88. The molecule has 1 saturated heterocycles. The second kappa shape index (κ2) is 10.4. The number of alkyl halides is 2. The van der Waals surface area contributed by atoms with Crippen molar-refractivity contribution in [3.63, 3.8) is 0 Å². The van der Waals surface area contributed by atoms with Gasteiger partial charge in [-0.15, -0.1) is 0 Å². The summed E-state index contributed by atoms with van der Waals surface area (Å²) in [5.41, 5.74) is 0.00469. The van der Waals surface area contributed by atoms with Gasteiger partial charge in [-0.25, -0.2) is 0 Å². The molecule has 1 aliphatic rings. The van der Waals surface area contributed by atoms with Crippen LogP contribution < -0.4 is 10.1 Å². The van der Waals surface area contributed by atoms with Crippen LogP contribution in [0.4, 0.5) is 14.5 Å². The van der Waals surface area contributed by atoms with Gasteiger partial charge in [-0.3, -0.25) is 9.48 Å². The summed E-state index contributed by atoms with van der Waals surface area (Å²) in [6, 6.07) is 6.06. The third-order valence-electron chi connectivity index (χ3n) is 5.75. The molecule has 0 atom stereocenters. The Kier molecular flexibility index (Phi) is 7.84. The van der Waals surface area contributed by atoms with Crippen molar-refractivity contribution in [2.45, 2.75) is 51.2 Å². The van der Waals surface area contributed by atoms with Gasteiger partial charge in [0.2, 0.25) is 0 Å². The van der Waals surface area contributed by atoms with Gasteiger partial charge >= 0.3 is 6.61 Å². The number of rotatable bonds is 9. The lowest BCUT2D eigenvalue weighted by molar-refractivity contribution is -0.128. The number of halogens is 3. The lowest BCUT2D eigenvalue weighted by atomic mass is 9.85. The minimum absolute atomic E-state index is 0.112. The van der Waals surface area contributed by atoms with Gasteiger partial charge in [0.25, 0.3) is 5.91 Å². The van der Waals surface area contributed by atoms with Crippen LogP contribution in [-0.2, 0) is 15.1 Å². The summed E-state index contributed by atoms with van der Waals surface area (Å²) in [6.45, 7) is 2.80. The number of piperidine rings is 1. The summed E-state index contributed by atoms with van der Waals surface area (Å²) in [4.78, 5) is 26.6. The molecule has 1 N–H and O–H groups in total. The molecule has 10 heteroatoms. The first kappa shape index (κ1) is 24.1. The van der Waals surface area contributed by atoms with Gasteiger partial charge in [-0.2, -0.15) is 13.9 Å². The van der Waals surface area contributed by atoms with Crippen LogP contribution >= 0.6 is 11.6 Å². The molecule has 2 heterocycles. The Morgan fingerprint density at radius 3 is 2.66 bits per heavy atom.